The van der Waals surface area contributed by atoms with Gasteiger partial charge in [-0.15, -0.1) is 0 Å². The fraction of sp³-hybridized carbons (Fsp3) is 0.600. The molecule has 1 saturated heterocycles. The van der Waals surface area contributed by atoms with E-state index in [0.717, 1.165) is 43.9 Å². The second-order valence-electron chi connectivity index (χ2n) is 5.50. The zero-order chi connectivity index (χ0) is 15.5. The van der Waals surface area contributed by atoms with Crippen molar-refractivity contribution in [3.05, 3.63) is 34.9 Å². The summed E-state index contributed by atoms with van der Waals surface area (Å²) in [5, 5.41) is 0. The Bertz CT molecular complexity index is 470. The normalized spacial score (nSPS) is 20.7. The molecular formula is C15H21F3N2O. The first kappa shape index (κ1) is 16.3. The Morgan fingerprint density at radius 2 is 2.19 bits per heavy atom. The summed E-state index contributed by atoms with van der Waals surface area (Å²) < 4.78 is 43.6. The third-order valence-corrected chi connectivity index (χ3v) is 3.98. The number of hydrogen-bond acceptors (Lipinski definition) is 3. The summed E-state index contributed by atoms with van der Waals surface area (Å²) in [5.41, 5.74) is 3.48. The lowest BCUT2D eigenvalue weighted by Crippen LogP contribution is -2.29. The number of ether oxygens (including phenoxy) is 1. The number of hydrazine groups is 1. The molecule has 1 fully saturated rings. The van der Waals surface area contributed by atoms with Gasteiger partial charge in [-0.3, -0.25) is 11.3 Å². The molecule has 0 spiro atoms. The molecule has 0 amide bonds. The van der Waals surface area contributed by atoms with E-state index in [-0.39, 0.29) is 12.1 Å². The first-order chi connectivity index (χ1) is 9.91. The summed E-state index contributed by atoms with van der Waals surface area (Å²) in [6, 6.07) is 3.64. The number of aryl methyl sites for hydroxylation is 1. The van der Waals surface area contributed by atoms with E-state index < -0.39 is 11.7 Å². The molecule has 118 valence electrons. The summed E-state index contributed by atoms with van der Waals surface area (Å²) in [4.78, 5) is 0. The van der Waals surface area contributed by atoms with Crippen molar-refractivity contribution in [1.82, 2.24) is 5.43 Å². The summed E-state index contributed by atoms with van der Waals surface area (Å²) in [5.74, 6) is 5.57. The second-order valence-corrected chi connectivity index (χ2v) is 5.50. The van der Waals surface area contributed by atoms with Gasteiger partial charge in [0.2, 0.25) is 0 Å². The van der Waals surface area contributed by atoms with Crippen molar-refractivity contribution in [1.29, 1.82) is 0 Å². The third-order valence-electron chi connectivity index (χ3n) is 3.98. The minimum atomic E-state index is -4.31. The lowest BCUT2D eigenvalue weighted by Gasteiger charge is -2.21. The monoisotopic (exact) mass is 302 g/mol. The number of nitrogens with one attached hydrogen (secondary N) is 1. The summed E-state index contributed by atoms with van der Waals surface area (Å²) >= 11 is 0. The van der Waals surface area contributed by atoms with Crippen LogP contribution in [0.2, 0.25) is 0 Å². The Hall–Kier alpha value is -1.11. The van der Waals surface area contributed by atoms with Crippen LogP contribution in [0.3, 0.4) is 0 Å². The van der Waals surface area contributed by atoms with Crippen LogP contribution in [0.25, 0.3) is 0 Å². The number of rotatable bonds is 5. The van der Waals surface area contributed by atoms with Gasteiger partial charge < -0.3 is 4.74 Å². The van der Waals surface area contributed by atoms with E-state index in [4.69, 9.17) is 10.6 Å². The maximum absolute atomic E-state index is 12.7. The number of nitrogens with two attached hydrogens (primary N) is 1. The van der Waals surface area contributed by atoms with Gasteiger partial charge in [0.15, 0.2) is 0 Å². The Morgan fingerprint density at radius 1 is 1.43 bits per heavy atom. The molecule has 2 unspecified atom stereocenters. The van der Waals surface area contributed by atoms with E-state index in [0.29, 0.717) is 5.56 Å². The molecule has 2 rings (SSSR count). The Kier molecular flexibility index (Phi) is 5.24. The Balaban J connectivity index is 2.06. The smallest absolute Gasteiger partial charge is 0.378 e. The summed E-state index contributed by atoms with van der Waals surface area (Å²) in [6.07, 6.45) is -0.348. The zero-order valence-corrected chi connectivity index (χ0v) is 12.0. The lowest BCUT2D eigenvalue weighted by atomic mass is 9.94. The van der Waals surface area contributed by atoms with Gasteiger partial charge >= 0.3 is 6.18 Å². The highest BCUT2D eigenvalue weighted by molar-refractivity contribution is 5.34. The number of alkyl halides is 3. The predicted octanol–water partition coefficient (Wildman–Crippen LogP) is 3.48. The van der Waals surface area contributed by atoms with Gasteiger partial charge in [0.1, 0.15) is 0 Å². The number of halogens is 3. The van der Waals surface area contributed by atoms with Crippen LogP contribution in [-0.2, 0) is 10.9 Å². The SMILES string of the molecule is Cc1cc(C(F)(F)F)ccc1C(CCC1CCCO1)NN. The molecule has 21 heavy (non-hydrogen) atoms. The lowest BCUT2D eigenvalue weighted by molar-refractivity contribution is -0.137. The first-order valence-corrected chi connectivity index (χ1v) is 7.17. The Morgan fingerprint density at radius 3 is 2.71 bits per heavy atom. The molecule has 1 aliphatic rings. The number of benzene rings is 1. The molecule has 3 N–H and O–H groups in total. The average Bonchev–Trinajstić information content (AvgIpc) is 2.93. The highest BCUT2D eigenvalue weighted by Crippen LogP contribution is 2.32. The van der Waals surface area contributed by atoms with Gasteiger partial charge in [-0.05, 0) is 55.9 Å². The molecular weight excluding hydrogens is 281 g/mol. The van der Waals surface area contributed by atoms with Gasteiger partial charge in [0.25, 0.3) is 0 Å². The second kappa shape index (κ2) is 6.77. The minimum Gasteiger partial charge on any atom is -0.378 e. The van der Waals surface area contributed by atoms with Crippen LogP contribution in [0, 0.1) is 6.92 Å². The standard InChI is InChI=1S/C15H21F3N2O/c1-10-9-11(15(16,17)18)4-6-13(10)14(20-19)7-5-12-3-2-8-21-12/h4,6,9,12,14,20H,2-3,5,7-8,19H2,1H3. The van der Waals surface area contributed by atoms with Crippen molar-refractivity contribution >= 4 is 0 Å². The van der Waals surface area contributed by atoms with Crippen molar-refractivity contribution in [2.45, 2.75) is 50.9 Å². The average molecular weight is 302 g/mol. The Labute approximate surface area is 122 Å². The van der Waals surface area contributed by atoms with E-state index in [1.807, 2.05) is 0 Å². The van der Waals surface area contributed by atoms with Gasteiger partial charge in [0, 0.05) is 12.6 Å². The van der Waals surface area contributed by atoms with Crippen LogP contribution < -0.4 is 11.3 Å². The van der Waals surface area contributed by atoms with E-state index in [9.17, 15) is 13.2 Å². The molecule has 0 bridgehead atoms. The largest absolute Gasteiger partial charge is 0.416 e. The van der Waals surface area contributed by atoms with E-state index in [2.05, 4.69) is 5.43 Å². The quantitative estimate of drug-likeness (QED) is 0.646. The molecule has 0 saturated carbocycles. The van der Waals surface area contributed by atoms with E-state index >= 15 is 0 Å². The summed E-state index contributed by atoms with van der Waals surface area (Å²) in [6.45, 7) is 2.48. The molecule has 6 heteroatoms. The van der Waals surface area contributed by atoms with Crippen LogP contribution in [0.5, 0.6) is 0 Å². The fourth-order valence-corrected chi connectivity index (χ4v) is 2.80. The molecule has 1 aliphatic heterocycles. The van der Waals surface area contributed by atoms with Crippen molar-refractivity contribution in [2.24, 2.45) is 5.84 Å². The minimum absolute atomic E-state index is 0.156. The molecule has 1 aromatic rings. The highest BCUT2D eigenvalue weighted by atomic mass is 19.4. The van der Waals surface area contributed by atoms with Gasteiger partial charge in [-0.25, -0.2) is 0 Å². The van der Waals surface area contributed by atoms with Crippen LogP contribution in [0.4, 0.5) is 13.2 Å². The number of hydrogen-bond donors (Lipinski definition) is 2. The highest BCUT2D eigenvalue weighted by Gasteiger charge is 2.31. The molecule has 2 atom stereocenters. The molecule has 0 aliphatic carbocycles. The topological polar surface area (TPSA) is 47.3 Å². The van der Waals surface area contributed by atoms with E-state index in [1.165, 1.54) is 12.1 Å². The van der Waals surface area contributed by atoms with Crippen LogP contribution >= 0.6 is 0 Å². The van der Waals surface area contributed by atoms with Gasteiger partial charge in [0.05, 0.1) is 11.7 Å². The molecule has 1 aromatic carbocycles. The van der Waals surface area contributed by atoms with E-state index in [1.54, 1.807) is 6.92 Å². The van der Waals surface area contributed by atoms with Crippen molar-refractivity contribution in [2.75, 3.05) is 6.61 Å². The molecule has 3 nitrogen and oxygen atoms in total. The fourth-order valence-electron chi connectivity index (χ4n) is 2.80. The summed E-state index contributed by atoms with van der Waals surface area (Å²) in [7, 11) is 0. The predicted molar refractivity (Wildman–Crippen MR) is 74.5 cm³/mol. The van der Waals surface area contributed by atoms with Crippen LogP contribution in [0.15, 0.2) is 18.2 Å². The maximum atomic E-state index is 12.7. The molecule has 0 radical (unpaired) electrons. The van der Waals surface area contributed by atoms with Gasteiger partial charge in [-0.1, -0.05) is 6.07 Å². The molecule has 1 heterocycles. The molecule has 0 aromatic heterocycles. The van der Waals surface area contributed by atoms with Gasteiger partial charge in [-0.2, -0.15) is 13.2 Å². The van der Waals surface area contributed by atoms with Crippen LogP contribution in [-0.4, -0.2) is 12.7 Å². The van der Waals surface area contributed by atoms with Crippen molar-refractivity contribution < 1.29 is 17.9 Å². The zero-order valence-electron chi connectivity index (χ0n) is 12.0. The first-order valence-electron chi connectivity index (χ1n) is 7.17. The maximum Gasteiger partial charge on any atom is 0.416 e. The van der Waals surface area contributed by atoms with Crippen molar-refractivity contribution in [3.8, 4) is 0 Å². The third kappa shape index (κ3) is 4.18. The van der Waals surface area contributed by atoms with Crippen LogP contribution in [0.1, 0.15) is 48.4 Å². The van der Waals surface area contributed by atoms with Crippen molar-refractivity contribution in [3.63, 3.8) is 0 Å².